The van der Waals surface area contributed by atoms with E-state index in [4.69, 9.17) is 4.74 Å². The Kier molecular flexibility index (Phi) is 5.41. The second kappa shape index (κ2) is 7.74. The Balaban J connectivity index is 1.74. The molecule has 0 saturated carbocycles. The van der Waals surface area contributed by atoms with Crippen LogP contribution in [0.2, 0.25) is 0 Å². The number of ether oxygens (including phenoxy) is 1. The molecule has 1 fully saturated rings. The van der Waals surface area contributed by atoms with E-state index in [1.807, 2.05) is 30.5 Å². The molecule has 1 atom stereocenters. The van der Waals surface area contributed by atoms with Gasteiger partial charge in [0.15, 0.2) is 5.16 Å². The van der Waals surface area contributed by atoms with E-state index in [-0.39, 0.29) is 11.8 Å². The van der Waals surface area contributed by atoms with Crippen molar-refractivity contribution in [2.24, 2.45) is 0 Å². The molecule has 1 aromatic heterocycles. The van der Waals surface area contributed by atoms with Gasteiger partial charge in [-0.1, -0.05) is 11.8 Å². The van der Waals surface area contributed by atoms with Crippen LogP contribution in [0.4, 0.5) is 5.69 Å². The first-order chi connectivity index (χ1) is 12.5. The minimum absolute atomic E-state index is 0.114. The van der Waals surface area contributed by atoms with E-state index < -0.39 is 6.04 Å². The number of piperazine rings is 1. The lowest BCUT2D eigenvalue weighted by Gasteiger charge is -2.39. The molecule has 3 rings (SSSR count). The smallest absolute Gasteiger partial charge is 0.257 e. The maximum absolute atomic E-state index is 12.8. The zero-order chi connectivity index (χ0) is 18.7. The molecule has 2 aromatic rings. The number of nitrogens with zero attached hydrogens (tertiary/aromatic N) is 4. The quantitative estimate of drug-likeness (QED) is 0.604. The third-order valence-electron chi connectivity index (χ3n) is 4.36. The molecule has 8 heteroatoms. The Hall–Kier alpha value is -2.61. The number of rotatable bonds is 4. The fraction of sp³-hybridized carbons (Fsp3) is 0.333. The summed E-state index contributed by atoms with van der Waals surface area (Å²) in [6.07, 6.45) is 4.89. The molecule has 26 heavy (non-hydrogen) atoms. The summed E-state index contributed by atoms with van der Waals surface area (Å²) in [5.41, 5.74) is 1.18. The zero-order valence-electron chi connectivity index (χ0n) is 14.9. The van der Waals surface area contributed by atoms with Crippen LogP contribution in [0.5, 0.6) is 5.75 Å². The van der Waals surface area contributed by atoms with Crippen molar-refractivity contribution in [2.75, 3.05) is 31.4 Å². The Morgan fingerprint density at radius 3 is 2.42 bits per heavy atom. The molecule has 1 aliphatic rings. The number of hydrogen-bond donors (Lipinski definition) is 0. The molecular formula is C18H20N4O3S. The molecular weight excluding hydrogens is 352 g/mol. The number of benzene rings is 1. The third-order valence-corrected chi connectivity index (χ3v) is 4.93. The SMILES string of the molecule is COc1ccc(N2CCN(C(=O)c3cnc(SC)nc3)[C@@H](C)C2=O)cc1. The van der Waals surface area contributed by atoms with Gasteiger partial charge >= 0.3 is 0 Å². The monoisotopic (exact) mass is 372 g/mol. The molecule has 1 aliphatic heterocycles. The van der Waals surface area contributed by atoms with Crippen LogP contribution in [0.3, 0.4) is 0 Å². The Labute approximate surface area is 156 Å². The van der Waals surface area contributed by atoms with Gasteiger partial charge in [0.2, 0.25) is 5.91 Å². The van der Waals surface area contributed by atoms with E-state index >= 15 is 0 Å². The van der Waals surface area contributed by atoms with E-state index in [1.165, 1.54) is 24.2 Å². The average molecular weight is 372 g/mol. The van der Waals surface area contributed by atoms with E-state index in [0.29, 0.717) is 23.8 Å². The molecule has 0 N–H and O–H groups in total. The van der Waals surface area contributed by atoms with Crippen LogP contribution in [0.1, 0.15) is 17.3 Å². The molecule has 0 bridgehead atoms. The van der Waals surface area contributed by atoms with E-state index in [9.17, 15) is 9.59 Å². The standard InChI is InChI=1S/C18H20N4O3S/c1-12-16(23)22(14-4-6-15(25-2)7-5-14)9-8-21(12)17(24)13-10-19-18(26-3)20-11-13/h4-7,10-12H,8-9H2,1-3H3/t12-/m0/s1. The number of carbonyl (C=O) groups excluding carboxylic acids is 2. The summed E-state index contributed by atoms with van der Waals surface area (Å²) in [6, 6.07) is 6.76. The van der Waals surface area contributed by atoms with Crippen molar-refractivity contribution < 1.29 is 14.3 Å². The highest BCUT2D eigenvalue weighted by Crippen LogP contribution is 2.24. The van der Waals surface area contributed by atoms with E-state index in [2.05, 4.69) is 9.97 Å². The minimum atomic E-state index is -0.557. The lowest BCUT2D eigenvalue weighted by Crippen LogP contribution is -2.57. The number of thioether (sulfide) groups is 1. The van der Waals surface area contributed by atoms with Crippen LogP contribution in [-0.2, 0) is 4.79 Å². The summed E-state index contributed by atoms with van der Waals surface area (Å²) in [5.74, 6) is 0.390. The second-order valence-electron chi connectivity index (χ2n) is 5.82. The lowest BCUT2D eigenvalue weighted by molar-refractivity contribution is -0.124. The van der Waals surface area contributed by atoms with Crippen molar-refractivity contribution in [2.45, 2.75) is 18.1 Å². The van der Waals surface area contributed by atoms with Gasteiger partial charge in [0.05, 0.1) is 12.7 Å². The highest BCUT2D eigenvalue weighted by Gasteiger charge is 2.35. The van der Waals surface area contributed by atoms with E-state index in [1.54, 1.807) is 23.8 Å². The fourth-order valence-corrected chi connectivity index (χ4v) is 3.18. The van der Waals surface area contributed by atoms with Gasteiger partial charge in [-0.15, -0.1) is 0 Å². The Bertz CT molecular complexity index is 795. The van der Waals surface area contributed by atoms with Crippen molar-refractivity contribution >= 4 is 29.3 Å². The Morgan fingerprint density at radius 2 is 1.85 bits per heavy atom. The second-order valence-corrected chi connectivity index (χ2v) is 6.59. The lowest BCUT2D eigenvalue weighted by atomic mass is 10.1. The van der Waals surface area contributed by atoms with Crippen molar-refractivity contribution in [1.82, 2.24) is 14.9 Å². The molecule has 1 saturated heterocycles. The first-order valence-electron chi connectivity index (χ1n) is 8.17. The Morgan fingerprint density at radius 1 is 1.19 bits per heavy atom. The van der Waals surface area contributed by atoms with Crippen LogP contribution in [0.25, 0.3) is 0 Å². The molecule has 7 nitrogen and oxygen atoms in total. The van der Waals surface area contributed by atoms with Gasteiger partial charge in [-0.2, -0.15) is 0 Å². The molecule has 0 spiro atoms. The van der Waals surface area contributed by atoms with Gasteiger partial charge in [-0.05, 0) is 37.4 Å². The van der Waals surface area contributed by atoms with Crippen LogP contribution in [-0.4, -0.2) is 59.2 Å². The van der Waals surface area contributed by atoms with E-state index in [0.717, 1.165) is 11.4 Å². The summed E-state index contributed by atoms with van der Waals surface area (Å²) in [5, 5.41) is 0.606. The number of hydrogen-bond acceptors (Lipinski definition) is 6. The maximum atomic E-state index is 12.8. The predicted molar refractivity (Wildman–Crippen MR) is 99.7 cm³/mol. The number of methoxy groups -OCH3 is 1. The fourth-order valence-electron chi connectivity index (χ4n) is 2.86. The summed E-state index contributed by atoms with van der Waals surface area (Å²) >= 11 is 1.41. The summed E-state index contributed by atoms with van der Waals surface area (Å²) in [7, 11) is 1.60. The largest absolute Gasteiger partial charge is 0.497 e. The predicted octanol–water partition coefficient (Wildman–Crippen LogP) is 2.08. The third kappa shape index (κ3) is 3.50. The summed E-state index contributed by atoms with van der Waals surface area (Å²) in [4.78, 5) is 37.1. The number of anilines is 1. The van der Waals surface area contributed by atoms with Gasteiger partial charge in [0.25, 0.3) is 5.91 Å². The molecule has 2 amide bonds. The van der Waals surface area contributed by atoms with Crippen LogP contribution >= 0.6 is 11.8 Å². The minimum Gasteiger partial charge on any atom is -0.497 e. The van der Waals surface area contributed by atoms with Crippen LogP contribution in [0.15, 0.2) is 41.8 Å². The molecule has 0 radical (unpaired) electrons. The van der Waals surface area contributed by atoms with Crippen molar-refractivity contribution in [3.05, 3.63) is 42.2 Å². The highest BCUT2D eigenvalue weighted by atomic mass is 32.2. The maximum Gasteiger partial charge on any atom is 0.257 e. The molecule has 0 unspecified atom stereocenters. The number of carbonyl (C=O) groups is 2. The van der Waals surface area contributed by atoms with Gasteiger partial charge in [-0.3, -0.25) is 9.59 Å². The van der Waals surface area contributed by atoms with Gasteiger partial charge in [-0.25, -0.2) is 9.97 Å². The van der Waals surface area contributed by atoms with Crippen LogP contribution in [0, 0.1) is 0 Å². The summed E-state index contributed by atoms with van der Waals surface area (Å²) < 4.78 is 5.15. The molecule has 0 aliphatic carbocycles. The molecule has 136 valence electrons. The number of aromatic nitrogens is 2. The van der Waals surface area contributed by atoms with Gasteiger partial charge in [0.1, 0.15) is 11.8 Å². The topological polar surface area (TPSA) is 75.6 Å². The highest BCUT2D eigenvalue weighted by molar-refractivity contribution is 7.98. The molecule has 2 heterocycles. The van der Waals surface area contributed by atoms with Crippen molar-refractivity contribution in [3.63, 3.8) is 0 Å². The summed E-state index contributed by atoms with van der Waals surface area (Å²) in [6.45, 7) is 2.63. The van der Waals surface area contributed by atoms with Crippen LogP contribution < -0.4 is 9.64 Å². The van der Waals surface area contributed by atoms with Crippen molar-refractivity contribution in [3.8, 4) is 5.75 Å². The first kappa shape index (κ1) is 18.2. The van der Waals surface area contributed by atoms with Gasteiger partial charge < -0.3 is 14.5 Å². The number of amides is 2. The first-order valence-corrected chi connectivity index (χ1v) is 9.40. The normalized spacial score (nSPS) is 17.3. The average Bonchev–Trinajstić information content (AvgIpc) is 2.70. The van der Waals surface area contributed by atoms with Crippen molar-refractivity contribution in [1.29, 1.82) is 0 Å². The van der Waals surface area contributed by atoms with Gasteiger partial charge in [0, 0.05) is 31.2 Å². The molecule has 1 aromatic carbocycles. The zero-order valence-corrected chi connectivity index (χ0v) is 15.7.